The molecule has 0 aliphatic heterocycles. The highest BCUT2D eigenvalue weighted by Gasteiger charge is 2.09. The van der Waals surface area contributed by atoms with Gasteiger partial charge in [0, 0.05) is 37.8 Å². The first-order valence-corrected chi connectivity index (χ1v) is 7.15. The normalized spacial score (nSPS) is 10.3. The molecule has 0 spiro atoms. The van der Waals surface area contributed by atoms with Crippen LogP contribution in [0.2, 0.25) is 5.02 Å². The zero-order valence-electron chi connectivity index (χ0n) is 11.1. The standard InChI is InChI=1S/C13H14ClN3O2S/c1-16(2)12-4-3-10(6-11(12)14)15-7-9-5-13(17(18)19)20-8-9/h3-6,8,15H,7H2,1-2H3. The van der Waals surface area contributed by atoms with E-state index in [0.29, 0.717) is 11.6 Å². The number of nitrogens with zero attached hydrogens (tertiary/aromatic N) is 2. The van der Waals surface area contributed by atoms with E-state index in [9.17, 15) is 10.1 Å². The van der Waals surface area contributed by atoms with Crippen molar-refractivity contribution >= 4 is 39.3 Å². The molecular weight excluding hydrogens is 298 g/mol. The fraction of sp³-hybridized carbons (Fsp3) is 0.231. The molecule has 0 atom stereocenters. The van der Waals surface area contributed by atoms with Crippen LogP contribution in [0.15, 0.2) is 29.6 Å². The van der Waals surface area contributed by atoms with Gasteiger partial charge in [0.15, 0.2) is 0 Å². The number of nitro groups is 1. The Morgan fingerprint density at radius 3 is 2.70 bits per heavy atom. The molecule has 0 aliphatic carbocycles. The molecule has 20 heavy (non-hydrogen) atoms. The summed E-state index contributed by atoms with van der Waals surface area (Å²) in [7, 11) is 3.86. The predicted molar refractivity (Wildman–Crippen MR) is 84.1 cm³/mol. The van der Waals surface area contributed by atoms with Crippen molar-refractivity contribution in [3.63, 3.8) is 0 Å². The summed E-state index contributed by atoms with van der Waals surface area (Å²) in [5.74, 6) is 0. The summed E-state index contributed by atoms with van der Waals surface area (Å²) in [5, 5.41) is 16.4. The minimum atomic E-state index is -0.378. The lowest BCUT2D eigenvalue weighted by molar-refractivity contribution is -0.380. The maximum absolute atomic E-state index is 10.6. The molecular formula is C13H14ClN3O2S. The van der Waals surface area contributed by atoms with E-state index in [0.717, 1.165) is 28.3 Å². The zero-order valence-corrected chi connectivity index (χ0v) is 12.7. The van der Waals surface area contributed by atoms with Gasteiger partial charge in [0.25, 0.3) is 0 Å². The highest BCUT2D eigenvalue weighted by molar-refractivity contribution is 7.13. The van der Waals surface area contributed by atoms with E-state index >= 15 is 0 Å². The molecule has 1 heterocycles. The molecule has 0 radical (unpaired) electrons. The van der Waals surface area contributed by atoms with Crippen molar-refractivity contribution in [2.75, 3.05) is 24.3 Å². The molecule has 106 valence electrons. The molecule has 1 aromatic carbocycles. The second kappa shape index (κ2) is 6.11. The summed E-state index contributed by atoms with van der Waals surface area (Å²) in [5.41, 5.74) is 2.72. The van der Waals surface area contributed by atoms with Crippen molar-refractivity contribution in [3.8, 4) is 0 Å². The van der Waals surface area contributed by atoms with E-state index in [1.165, 1.54) is 0 Å². The van der Waals surface area contributed by atoms with E-state index < -0.39 is 0 Å². The van der Waals surface area contributed by atoms with Crippen molar-refractivity contribution in [2.24, 2.45) is 0 Å². The van der Waals surface area contributed by atoms with Crippen molar-refractivity contribution in [1.82, 2.24) is 0 Å². The van der Waals surface area contributed by atoms with E-state index in [1.54, 1.807) is 11.4 Å². The van der Waals surface area contributed by atoms with Gasteiger partial charge >= 0.3 is 5.00 Å². The molecule has 2 rings (SSSR count). The molecule has 0 bridgehead atoms. The lowest BCUT2D eigenvalue weighted by atomic mass is 10.2. The number of halogens is 1. The molecule has 1 aromatic heterocycles. The van der Waals surface area contributed by atoms with Gasteiger partial charge < -0.3 is 10.2 Å². The third-order valence-electron chi connectivity index (χ3n) is 2.75. The molecule has 0 aliphatic rings. The maximum Gasteiger partial charge on any atom is 0.324 e. The highest BCUT2D eigenvalue weighted by Crippen LogP contribution is 2.28. The Morgan fingerprint density at radius 1 is 1.40 bits per heavy atom. The summed E-state index contributed by atoms with van der Waals surface area (Å²) in [6.45, 7) is 0.530. The summed E-state index contributed by atoms with van der Waals surface area (Å²) in [4.78, 5) is 12.2. The smallest absolute Gasteiger partial charge is 0.324 e. The minimum absolute atomic E-state index is 0.155. The van der Waals surface area contributed by atoms with Crippen LogP contribution < -0.4 is 10.2 Å². The Balaban J connectivity index is 2.03. The fourth-order valence-corrected chi connectivity index (χ4v) is 2.81. The second-order valence-electron chi connectivity index (χ2n) is 4.46. The van der Waals surface area contributed by atoms with Gasteiger partial charge in [-0.1, -0.05) is 22.9 Å². The molecule has 0 saturated carbocycles. The Hall–Kier alpha value is -1.79. The lowest BCUT2D eigenvalue weighted by Gasteiger charge is -2.15. The molecule has 0 saturated heterocycles. The van der Waals surface area contributed by atoms with Crippen LogP contribution in [0.4, 0.5) is 16.4 Å². The summed E-state index contributed by atoms with van der Waals surface area (Å²) >= 11 is 7.31. The number of anilines is 2. The average Bonchev–Trinajstić information content (AvgIpc) is 2.85. The Bertz CT molecular complexity index is 628. The third kappa shape index (κ3) is 3.40. The predicted octanol–water partition coefficient (Wildman–Crippen LogP) is 3.99. The van der Waals surface area contributed by atoms with Crippen molar-refractivity contribution in [2.45, 2.75) is 6.54 Å². The number of hydrogen-bond acceptors (Lipinski definition) is 5. The van der Waals surface area contributed by atoms with Crippen LogP contribution in [0, 0.1) is 10.1 Å². The van der Waals surface area contributed by atoms with Gasteiger partial charge in [-0.25, -0.2) is 0 Å². The quantitative estimate of drug-likeness (QED) is 0.670. The monoisotopic (exact) mass is 311 g/mol. The molecule has 0 fully saturated rings. The van der Waals surface area contributed by atoms with Gasteiger partial charge in [-0.15, -0.1) is 0 Å². The van der Waals surface area contributed by atoms with Crippen molar-refractivity contribution in [3.05, 3.63) is 50.3 Å². The SMILES string of the molecule is CN(C)c1ccc(NCc2csc([N+](=O)[O-])c2)cc1Cl. The molecule has 0 amide bonds. The van der Waals surface area contributed by atoms with Gasteiger partial charge in [0.1, 0.15) is 0 Å². The molecule has 2 aromatic rings. The Kier molecular flexibility index (Phi) is 4.46. The molecule has 0 unspecified atom stereocenters. The average molecular weight is 312 g/mol. The van der Waals surface area contributed by atoms with Crippen LogP contribution in [0.3, 0.4) is 0 Å². The molecule has 1 N–H and O–H groups in total. The summed E-state index contributed by atoms with van der Waals surface area (Å²) in [6, 6.07) is 7.29. The first-order chi connectivity index (χ1) is 9.47. The molecule has 5 nitrogen and oxygen atoms in total. The van der Waals surface area contributed by atoms with Crippen LogP contribution >= 0.6 is 22.9 Å². The van der Waals surface area contributed by atoms with Gasteiger partial charge in [0.05, 0.1) is 15.6 Å². The third-order valence-corrected chi connectivity index (χ3v) is 3.98. The lowest BCUT2D eigenvalue weighted by Crippen LogP contribution is -2.09. The number of hydrogen-bond donors (Lipinski definition) is 1. The Morgan fingerprint density at radius 2 is 2.15 bits per heavy atom. The van der Waals surface area contributed by atoms with E-state index in [2.05, 4.69) is 5.32 Å². The Labute approximate surface area is 125 Å². The van der Waals surface area contributed by atoms with Crippen molar-refractivity contribution in [1.29, 1.82) is 0 Å². The van der Waals surface area contributed by atoms with Gasteiger partial charge in [0.2, 0.25) is 0 Å². The topological polar surface area (TPSA) is 58.4 Å². The van der Waals surface area contributed by atoms with Crippen LogP contribution in [-0.2, 0) is 6.54 Å². The maximum atomic E-state index is 10.6. The van der Waals surface area contributed by atoms with Crippen molar-refractivity contribution < 1.29 is 4.92 Å². The van der Waals surface area contributed by atoms with E-state index in [1.807, 2.05) is 37.2 Å². The van der Waals surface area contributed by atoms with Crippen LogP contribution in [0.25, 0.3) is 0 Å². The van der Waals surface area contributed by atoms with Crippen LogP contribution in [-0.4, -0.2) is 19.0 Å². The summed E-state index contributed by atoms with van der Waals surface area (Å²) < 4.78 is 0. The van der Waals surface area contributed by atoms with E-state index in [-0.39, 0.29) is 9.92 Å². The fourth-order valence-electron chi connectivity index (χ4n) is 1.73. The first-order valence-electron chi connectivity index (χ1n) is 5.90. The van der Waals surface area contributed by atoms with E-state index in [4.69, 9.17) is 11.6 Å². The number of benzene rings is 1. The minimum Gasteiger partial charge on any atom is -0.381 e. The largest absolute Gasteiger partial charge is 0.381 e. The zero-order chi connectivity index (χ0) is 14.7. The first kappa shape index (κ1) is 14.6. The number of thiophene rings is 1. The highest BCUT2D eigenvalue weighted by atomic mass is 35.5. The van der Waals surface area contributed by atoms with Crippen LogP contribution in [0.5, 0.6) is 0 Å². The second-order valence-corrected chi connectivity index (χ2v) is 5.76. The van der Waals surface area contributed by atoms with Crippen LogP contribution in [0.1, 0.15) is 5.56 Å². The molecule has 7 heteroatoms. The van der Waals surface area contributed by atoms with Gasteiger partial charge in [-0.2, -0.15) is 0 Å². The summed E-state index contributed by atoms with van der Waals surface area (Å²) in [6.07, 6.45) is 0. The van der Waals surface area contributed by atoms with Gasteiger partial charge in [-0.05, 0) is 23.8 Å². The van der Waals surface area contributed by atoms with Gasteiger partial charge in [-0.3, -0.25) is 10.1 Å². The number of nitrogens with one attached hydrogen (secondary N) is 1. The number of rotatable bonds is 5.